The Morgan fingerprint density at radius 2 is 1.79 bits per heavy atom. The van der Waals surface area contributed by atoms with Crippen molar-refractivity contribution >= 4 is 74.6 Å². The number of benzene rings is 3. The van der Waals surface area contributed by atoms with E-state index in [2.05, 4.69) is 26.5 Å². The van der Waals surface area contributed by atoms with Crippen LogP contribution in [0.4, 0.5) is 0 Å². The van der Waals surface area contributed by atoms with Crippen LogP contribution in [0.2, 0.25) is 15.1 Å². The van der Waals surface area contributed by atoms with Gasteiger partial charge in [-0.15, -0.1) is 11.8 Å². The fourth-order valence-corrected chi connectivity index (χ4v) is 4.59. The summed E-state index contributed by atoms with van der Waals surface area (Å²) in [6.07, 6.45) is 1.54. The molecule has 0 aliphatic heterocycles. The number of amides is 1. The molecule has 0 atom stereocenters. The Morgan fingerprint density at radius 1 is 1.06 bits per heavy atom. The average Bonchev–Trinajstić information content (AvgIpc) is 2.81. The number of methoxy groups -OCH3 is 1. The van der Waals surface area contributed by atoms with Crippen molar-refractivity contribution < 1.29 is 14.3 Å². The van der Waals surface area contributed by atoms with Crippen LogP contribution < -0.4 is 14.9 Å². The molecule has 0 fully saturated rings. The minimum absolute atomic E-state index is 0.192. The maximum Gasteiger partial charge on any atom is 0.250 e. The third kappa shape index (κ3) is 8.10. The second kappa shape index (κ2) is 13.3. The Kier molecular flexibility index (Phi) is 10.4. The Labute approximate surface area is 225 Å². The first-order valence-electron chi connectivity index (χ1n) is 9.94. The SMILES string of the molecule is COc1cc(/C=N\NC(=O)CSCc2ccc(Cl)cc2)cc(Br)c1OCc1ccc(Cl)c(Cl)c1. The van der Waals surface area contributed by atoms with Gasteiger partial charge in [-0.05, 0) is 69.0 Å². The minimum Gasteiger partial charge on any atom is -0.493 e. The molecule has 3 rings (SSSR count). The molecule has 0 aliphatic rings. The van der Waals surface area contributed by atoms with Crippen molar-refractivity contribution in [1.82, 2.24) is 5.43 Å². The topological polar surface area (TPSA) is 59.9 Å². The molecule has 0 aliphatic carbocycles. The van der Waals surface area contributed by atoms with E-state index in [1.165, 1.54) is 18.0 Å². The van der Waals surface area contributed by atoms with Crippen LogP contribution in [0.1, 0.15) is 16.7 Å². The lowest BCUT2D eigenvalue weighted by molar-refractivity contribution is -0.118. The van der Waals surface area contributed by atoms with Gasteiger partial charge < -0.3 is 9.47 Å². The number of nitrogens with zero attached hydrogens (tertiary/aromatic N) is 1. The van der Waals surface area contributed by atoms with Gasteiger partial charge in [0.1, 0.15) is 6.61 Å². The number of thioether (sulfide) groups is 1. The van der Waals surface area contributed by atoms with Crippen LogP contribution in [-0.4, -0.2) is 25.0 Å². The Bertz CT molecular complexity index is 1180. The number of hydrazone groups is 1. The van der Waals surface area contributed by atoms with Gasteiger partial charge in [-0.1, -0.05) is 53.0 Å². The number of carbonyl (C=O) groups excluding carboxylic acids is 1. The van der Waals surface area contributed by atoms with Crippen LogP contribution in [0.25, 0.3) is 0 Å². The molecule has 0 saturated heterocycles. The number of hydrogen-bond acceptors (Lipinski definition) is 5. The normalized spacial score (nSPS) is 11.0. The number of ether oxygens (including phenoxy) is 2. The van der Waals surface area contributed by atoms with E-state index in [0.717, 1.165) is 16.7 Å². The van der Waals surface area contributed by atoms with E-state index in [1.54, 1.807) is 25.3 Å². The van der Waals surface area contributed by atoms with E-state index in [-0.39, 0.29) is 18.3 Å². The fraction of sp³-hybridized carbons (Fsp3) is 0.167. The molecule has 10 heteroatoms. The number of nitrogens with one attached hydrogen (secondary N) is 1. The molecule has 0 bridgehead atoms. The molecule has 0 aromatic heterocycles. The molecule has 3 aromatic carbocycles. The van der Waals surface area contributed by atoms with Gasteiger partial charge in [0, 0.05) is 10.8 Å². The largest absolute Gasteiger partial charge is 0.493 e. The van der Waals surface area contributed by atoms with Crippen molar-refractivity contribution in [1.29, 1.82) is 0 Å². The Morgan fingerprint density at radius 3 is 2.50 bits per heavy atom. The number of rotatable bonds is 10. The predicted octanol–water partition coefficient (Wildman–Crippen LogP) is 7.38. The lowest BCUT2D eigenvalue weighted by Gasteiger charge is -2.14. The monoisotopic (exact) mass is 600 g/mol. The summed E-state index contributed by atoms with van der Waals surface area (Å²) in [5.74, 6) is 1.85. The lowest BCUT2D eigenvalue weighted by atomic mass is 10.2. The first-order valence-corrected chi connectivity index (χ1v) is 13.0. The summed E-state index contributed by atoms with van der Waals surface area (Å²) in [6.45, 7) is 0.281. The third-order valence-electron chi connectivity index (χ3n) is 4.44. The van der Waals surface area contributed by atoms with E-state index in [1.807, 2.05) is 36.4 Å². The molecular weight excluding hydrogens is 583 g/mol. The molecule has 178 valence electrons. The summed E-state index contributed by atoms with van der Waals surface area (Å²) in [7, 11) is 1.55. The van der Waals surface area contributed by atoms with Gasteiger partial charge >= 0.3 is 0 Å². The van der Waals surface area contributed by atoms with Gasteiger partial charge in [0.05, 0.1) is 33.6 Å². The van der Waals surface area contributed by atoms with Crippen LogP contribution in [0.5, 0.6) is 11.5 Å². The molecule has 0 radical (unpaired) electrons. The van der Waals surface area contributed by atoms with Crippen LogP contribution in [-0.2, 0) is 17.2 Å². The average molecular weight is 603 g/mol. The summed E-state index contributed by atoms with van der Waals surface area (Å²) in [4.78, 5) is 12.0. The van der Waals surface area contributed by atoms with E-state index >= 15 is 0 Å². The van der Waals surface area contributed by atoms with E-state index in [4.69, 9.17) is 44.3 Å². The van der Waals surface area contributed by atoms with Crippen LogP contribution in [0.15, 0.2) is 64.2 Å². The van der Waals surface area contributed by atoms with Crippen LogP contribution in [0, 0.1) is 0 Å². The number of carbonyl (C=O) groups is 1. The quantitative estimate of drug-likeness (QED) is 0.194. The molecule has 0 spiro atoms. The first-order chi connectivity index (χ1) is 16.4. The summed E-state index contributed by atoms with van der Waals surface area (Å²) in [6, 6.07) is 16.4. The van der Waals surface area contributed by atoms with Crippen molar-refractivity contribution in [3.05, 3.63) is 90.8 Å². The smallest absolute Gasteiger partial charge is 0.250 e. The van der Waals surface area contributed by atoms with Crippen LogP contribution >= 0.6 is 62.5 Å². The van der Waals surface area contributed by atoms with Gasteiger partial charge in [-0.3, -0.25) is 4.79 Å². The summed E-state index contributed by atoms with van der Waals surface area (Å²) in [5, 5.41) is 5.68. The summed E-state index contributed by atoms with van der Waals surface area (Å²) < 4.78 is 12.1. The van der Waals surface area contributed by atoms with Crippen LogP contribution in [0.3, 0.4) is 0 Å². The predicted molar refractivity (Wildman–Crippen MR) is 145 cm³/mol. The second-order valence-corrected chi connectivity index (χ2v) is 10.1. The Balaban J connectivity index is 1.53. The highest BCUT2D eigenvalue weighted by Gasteiger charge is 2.12. The highest BCUT2D eigenvalue weighted by Crippen LogP contribution is 2.37. The van der Waals surface area contributed by atoms with E-state index in [9.17, 15) is 4.79 Å². The zero-order valence-electron chi connectivity index (χ0n) is 18.0. The standard InChI is InChI=1S/C24H20BrCl3N2O3S/c1-32-22-10-17(8-19(25)24(22)33-12-16-4-7-20(27)21(28)9-16)11-29-30-23(31)14-34-13-15-2-5-18(26)6-3-15/h2-11H,12-14H2,1H3,(H,30,31)/b29-11-. The fourth-order valence-electron chi connectivity index (χ4n) is 2.79. The number of halogens is 4. The first kappa shape index (κ1) is 26.7. The van der Waals surface area contributed by atoms with E-state index < -0.39 is 0 Å². The summed E-state index contributed by atoms with van der Waals surface area (Å²) in [5.41, 5.74) is 5.22. The molecule has 0 saturated carbocycles. The molecule has 0 heterocycles. The maximum absolute atomic E-state index is 12.0. The zero-order chi connectivity index (χ0) is 24.5. The molecule has 34 heavy (non-hydrogen) atoms. The minimum atomic E-state index is -0.192. The van der Waals surface area contributed by atoms with Gasteiger partial charge in [0.15, 0.2) is 11.5 Å². The van der Waals surface area contributed by atoms with Crippen molar-refractivity contribution in [2.45, 2.75) is 12.4 Å². The van der Waals surface area contributed by atoms with Crippen molar-refractivity contribution in [3.8, 4) is 11.5 Å². The zero-order valence-corrected chi connectivity index (χ0v) is 22.7. The molecule has 1 amide bonds. The Hall–Kier alpha value is -1.90. The molecular formula is C24H20BrCl3N2O3S. The van der Waals surface area contributed by atoms with Crippen molar-refractivity contribution in [3.63, 3.8) is 0 Å². The van der Waals surface area contributed by atoms with Gasteiger partial charge in [0.2, 0.25) is 5.91 Å². The molecule has 1 N–H and O–H groups in total. The summed E-state index contributed by atoms with van der Waals surface area (Å²) >= 11 is 22.9. The highest BCUT2D eigenvalue weighted by atomic mass is 79.9. The van der Waals surface area contributed by atoms with Crippen molar-refractivity contribution in [2.24, 2.45) is 5.10 Å². The van der Waals surface area contributed by atoms with E-state index in [0.29, 0.717) is 36.8 Å². The van der Waals surface area contributed by atoms with Crippen molar-refractivity contribution in [2.75, 3.05) is 12.9 Å². The molecule has 0 unspecified atom stereocenters. The lowest BCUT2D eigenvalue weighted by Crippen LogP contribution is -2.19. The van der Waals surface area contributed by atoms with Gasteiger partial charge in [-0.2, -0.15) is 5.10 Å². The second-order valence-electron chi connectivity index (χ2n) is 6.98. The number of hydrogen-bond donors (Lipinski definition) is 1. The third-order valence-corrected chi connectivity index (χ3v) is 7.02. The van der Waals surface area contributed by atoms with Gasteiger partial charge in [-0.25, -0.2) is 5.43 Å². The van der Waals surface area contributed by atoms with Gasteiger partial charge in [0.25, 0.3) is 0 Å². The maximum atomic E-state index is 12.0. The molecule has 5 nitrogen and oxygen atoms in total. The molecule has 3 aromatic rings. The highest BCUT2D eigenvalue weighted by molar-refractivity contribution is 9.10.